The molecule has 0 heterocycles. The van der Waals surface area contributed by atoms with Gasteiger partial charge in [0.15, 0.2) is 0 Å². The van der Waals surface area contributed by atoms with Gasteiger partial charge >= 0.3 is 0 Å². The zero-order valence-electron chi connectivity index (χ0n) is 14.6. The second kappa shape index (κ2) is 8.41. The second-order valence-electron chi connectivity index (χ2n) is 5.86. The van der Waals surface area contributed by atoms with Crippen LogP contribution in [0, 0.1) is 6.92 Å². The van der Waals surface area contributed by atoms with E-state index in [4.69, 9.17) is 23.2 Å². The van der Waals surface area contributed by atoms with Gasteiger partial charge in [-0.2, -0.15) is 0 Å². The Kier molecular flexibility index (Phi) is 6.52. The molecule has 0 aliphatic carbocycles. The number of anilines is 1. The maximum absolute atomic E-state index is 6.42. The molecule has 0 unspecified atom stereocenters. The summed E-state index contributed by atoms with van der Waals surface area (Å²) in [6.07, 6.45) is 1.80. The van der Waals surface area contributed by atoms with E-state index in [-0.39, 0.29) is 0 Å². The highest BCUT2D eigenvalue weighted by atomic mass is 35.5. The van der Waals surface area contributed by atoms with E-state index in [1.165, 1.54) is 0 Å². The maximum Gasteiger partial charge on any atom is 0.0910 e. The Hall–Kier alpha value is -1.71. The van der Waals surface area contributed by atoms with Crippen LogP contribution in [0.2, 0.25) is 10.0 Å². The van der Waals surface area contributed by atoms with Crippen molar-refractivity contribution in [3.8, 4) is 0 Å². The molecule has 0 N–H and O–H groups in total. The summed E-state index contributed by atoms with van der Waals surface area (Å²) in [6, 6.07) is 11.9. The van der Waals surface area contributed by atoms with E-state index in [0.29, 0.717) is 5.02 Å². The van der Waals surface area contributed by atoms with Crippen molar-refractivity contribution in [1.29, 1.82) is 0 Å². The normalized spacial score (nSPS) is 11.1. The molecule has 128 valence electrons. The van der Waals surface area contributed by atoms with Gasteiger partial charge in [0.25, 0.3) is 0 Å². The van der Waals surface area contributed by atoms with Gasteiger partial charge < -0.3 is 9.80 Å². The topological polar surface area (TPSA) is 18.8 Å². The van der Waals surface area contributed by atoms with Crippen LogP contribution in [-0.2, 0) is 6.54 Å². The summed E-state index contributed by atoms with van der Waals surface area (Å²) >= 11 is 12.7. The molecule has 5 heteroatoms. The molecular formula is C19H23Cl2N3. The van der Waals surface area contributed by atoms with E-state index < -0.39 is 0 Å². The van der Waals surface area contributed by atoms with Crippen LogP contribution in [0.1, 0.15) is 18.1 Å². The quantitative estimate of drug-likeness (QED) is 0.494. The number of benzene rings is 2. The zero-order valence-corrected chi connectivity index (χ0v) is 16.1. The number of aryl methyl sites for hydroxylation is 1. The Bertz CT molecular complexity index is 729. The van der Waals surface area contributed by atoms with Crippen LogP contribution in [-0.4, -0.2) is 31.9 Å². The van der Waals surface area contributed by atoms with Crippen molar-refractivity contribution in [2.24, 2.45) is 4.99 Å². The van der Waals surface area contributed by atoms with Crippen molar-refractivity contribution in [2.45, 2.75) is 20.4 Å². The minimum Gasteiger partial charge on any atom is -0.370 e. The van der Waals surface area contributed by atoms with Crippen LogP contribution in [0.4, 0.5) is 11.4 Å². The molecule has 0 aromatic heterocycles. The summed E-state index contributed by atoms with van der Waals surface area (Å²) in [7, 11) is 4.02. The molecular weight excluding hydrogens is 341 g/mol. The molecule has 2 aromatic rings. The molecule has 0 bridgehead atoms. The van der Waals surface area contributed by atoms with Gasteiger partial charge in [-0.05, 0) is 43.2 Å². The second-order valence-corrected chi connectivity index (χ2v) is 6.67. The summed E-state index contributed by atoms with van der Waals surface area (Å²) in [5.41, 5.74) is 4.07. The first-order valence-corrected chi connectivity index (χ1v) is 8.67. The fourth-order valence-corrected chi connectivity index (χ4v) is 2.78. The lowest BCUT2D eigenvalue weighted by Crippen LogP contribution is -2.17. The molecule has 0 aliphatic heterocycles. The Labute approximate surface area is 154 Å². The van der Waals surface area contributed by atoms with Crippen molar-refractivity contribution in [1.82, 2.24) is 4.90 Å². The predicted molar refractivity (Wildman–Crippen MR) is 106 cm³/mol. The van der Waals surface area contributed by atoms with Crippen LogP contribution in [0.3, 0.4) is 0 Å². The zero-order chi connectivity index (χ0) is 17.7. The molecule has 0 saturated heterocycles. The van der Waals surface area contributed by atoms with E-state index in [1.807, 2.05) is 55.4 Å². The smallest absolute Gasteiger partial charge is 0.0910 e. The van der Waals surface area contributed by atoms with Crippen LogP contribution in [0.5, 0.6) is 0 Å². The lowest BCUT2D eigenvalue weighted by Gasteiger charge is -2.23. The Morgan fingerprint density at radius 2 is 1.79 bits per heavy atom. The lowest BCUT2D eigenvalue weighted by atomic mass is 10.1. The van der Waals surface area contributed by atoms with Crippen molar-refractivity contribution in [3.63, 3.8) is 0 Å². The van der Waals surface area contributed by atoms with Gasteiger partial charge in [-0.25, -0.2) is 4.99 Å². The van der Waals surface area contributed by atoms with Crippen molar-refractivity contribution in [2.75, 3.05) is 25.5 Å². The standard InChI is InChI=1S/C19H23Cl2N3/c1-5-23(3)13-22-18-10-14(2)19(11-17(18)21)24(4)12-15-8-6-7-9-16(15)20/h6-11,13H,5,12H2,1-4H3/b22-13-. The molecule has 2 rings (SSSR count). The number of rotatable bonds is 6. The summed E-state index contributed by atoms with van der Waals surface area (Å²) in [4.78, 5) is 8.62. The van der Waals surface area contributed by atoms with E-state index in [0.717, 1.165) is 40.6 Å². The van der Waals surface area contributed by atoms with Crippen molar-refractivity contribution in [3.05, 3.63) is 57.6 Å². The van der Waals surface area contributed by atoms with E-state index in [1.54, 1.807) is 6.34 Å². The van der Waals surface area contributed by atoms with Crippen LogP contribution >= 0.6 is 23.2 Å². The molecule has 0 aliphatic rings. The third-order valence-corrected chi connectivity index (χ3v) is 4.61. The Balaban J connectivity index is 2.23. The van der Waals surface area contributed by atoms with Crippen molar-refractivity contribution >= 4 is 40.9 Å². The van der Waals surface area contributed by atoms with E-state index in [9.17, 15) is 0 Å². The number of nitrogens with zero attached hydrogens (tertiary/aromatic N) is 3. The van der Waals surface area contributed by atoms with Gasteiger partial charge in [0.1, 0.15) is 0 Å². The first-order valence-electron chi connectivity index (χ1n) is 7.91. The minimum atomic E-state index is 0.641. The highest BCUT2D eigenvalue weighted by Gasteiger charge is 2.11. The Morgan fingerprint density at radius 1 is 1.08 bits per heavy atom. The average Bonchev–Trinajstić information content (AvgIpc) is 2.56. The minimum absolute atomic E-state index is 0.641. The van der Waals surface area contributed by atoms with Crippen LogP contribution in [0.25, 0.3) is 0 Å². The van der Waals surface area contributed by atoms with Gasteiger partial charge in [0.05, 0.1) is 17.0 Å². The monoisotopic (exact) mass is 363 g/mol. The molecule has 2 aromatic carbocycles. The molecule has 0 fully saturated rings. The third-order valence-electron chi connectivity index (χ3n) is 3.93. The number of aliphatic imine (C=N–C) groups is 1. The molecule has 0 saturated carbocycles. The van der Waals surface area contributed by atoms with E-state index in [2.05, 4.69) is 23.7 Å². The van der Waals surface area contributed by atoms with Gasteiger partial charge in [0.2, 0.25) is 0 Å². The highest BCUT2D eigenvalue weighted by molar-refractivity contribution is 6.33. The predicted octanol–water partition coefficient (Wildman–Crippen LogP) is 5.55. The summed E-state index contributed by atoms with van der Waals surface area (Å²) in [6.45, 7) is 5.76. The fourth-order valence-electron chi connectivity index (χ4n) is 2.38. The van der Waals surface area contributed by atoms with Crippen LogP contribution in [0.15, 0.2) is 41.4 Å². The molecule has 24 heavy (non-hydrogen) atoms. The largest absolute Gasteiger partial charge is 0.370 e. The molecule has 0 atom stereocenters. The van der Waals surface area contributed by atoms with Gasteiger partial charge in [0, 0.05) is 37.9 Å². The number of halogens is 2. The average molecular weight is 364 g/mol. The molecule has 0 spiro atoms. The third kappa shape index (κ3) is 4.65. The first kappa shape index (κ1) is 18.6. The van der Waals surface area contributed by atoms with Crippen LogP contribution < -0.4 is 4.90 Å². The Morgan fingerprint density at radius 3 is 2.46 bits per heavy atom. The number of hydrogen-bond acceptors (Lipinski definition) is 2. The lowest BCUT2D eigenvalue weighted by molar-refractivity contribution is 0.552. The molecule has 0 amide bonds. The molecule has 3 nitrogen and oxygen atoms in total. The number of hydrogen-bond donors (Lipinski definition) is 0. The van der Waals surface area contributed by atoms with E-state index >= 15 is 0 Å². The summed E-state index contributed by atoms with van der Waals surface area (Å²) in [5.74, 6) is 0. The van der Waals surface area contributed by atoms with Crippen molar-refractivity contribution < 1.29 is 0 Å². The van der Waals surface area contributed by atoms with Gasteiger partial charge in [-0.1, -0.05) is 41.4 Å². The van der Waals surface area contributed by atoms with Gasteiger partial charge in [-0.3, -0.25) is 0 Å². The van der Waals surface area contributed by atoms with Gasteiger partial charge in [-0.15, -0.1) is 0 Å². The highest BCUT2D eigenvalue weighted by Crippen LogP contribution is 2.33. The maximum atomic E-state index is 6.42. The molecule has 0 radical (unpaired) electrons. The summed E-state index contributed by atoms with van der Waals surface area (Å²) < 4.78 is 0. The SMILES string of the molecule is CCN(C)/C=N\c1cc(C)c(N(C)Cc2ccccc2Cl)cc1Cl. The summed E-state index contributed by atoms with van der Waals surface area (Å²) in [5, 5.41) is 1.42. The first-order chi connectivity index (χ1) is 11.4. The fraction of sp³-hybridized carbons (Fsp3) is 0.316.